The number of nitrogens with two attached hydrogens (primary N) is 1. The number of benzene rings is 1. The van der Waals surface area contributed by atoms with E-state index in [-0.39, 0.29) is 17.6 Å². The molecule has 1 atom stereocenters. The number of halogens is 1. The fourth-order valence-electron chi connectivity index (χ4n) is 2.87. The summed E-state index contributed by atoms with van der Waals surface area (Å²) in [6, 6.07) is 9.36. The first-order valence-electron chi connectivity index (χ1n) is 6.71. The average Bonchev–Trinajstić information content (AvgIpc) is 2.48. The molecule has 2 N–H and O–H groups in total. The summed E-state index contributed by atoms with van der Waals surface area (Å²) in [6.07, 6.45) is 1.96. The molecule has 1 aliphatic heterocycles. The highest BCUT2D eigenvalue weighted by Gasteiger charge is 2.36. The van der Waals surface area contributed by atoms with Crippen molar-refractivity contribution in [1.82, 2.24) is 0 Å². The lowest BCUT2D eigenvalue weighted by Crippen LogP contribution is -2.26. The summed E-state index contributed by atoms with van der Waals surface area (Å²) in [4.78, 5) is 12.0. The maximum atomic E-state index is 12.0. The second-order valence-corrected chi connectivity index (χ2v) is 5.54. The van der Waals surface area contributed by atoms with Crippen LogP contribution in [0.3, 0.4) is 0 Å². The minimum atomic E-state index is -0.319. The SMILES string of the molecule is N#CC1=C(N)OC2=C(CCCC2=O)C1c1ccc(Cl)cc1. The molecule has 5 heteroatoms. The van der Waals surface area contributed by atoms with Gasteiger partial charge in [0.1, 0.15) is 11.6 Å². The third-order valence-corrected chi connectivity index (χ3v) is 4.09. The molecule has 0 fully saturated rings. The molecule has 2 aliphatic rings. The van der Waals surface area contributed by atoms with E-state index in [1.165, 1.54) is 0 Å². The van der Waals surface area contributed by atoms with Crippen LogP contribution >= 0.6 is 11.6 Å². The Morgan fingerprint density at radius 3 is 2.67 bits per heavy atom. The first kappa shape index (κ1) is 13.7. The van der Waals surface area contributed by atoms with E-state index in [0.717, 1.165) is 24.0 Å². The van der Waals surface area contributed by atoms with Gasteiger partial charge in [0.2, 0.25) is 5.88 Å². The fourth-order valence-corrected chi connectivity index (χ4v) is 2.99. The van der Waals surface area contributed by atoms with Crippen molar-refractivity contribution in [3.8, 4) is 6.07 Å². The molecule has 1 heterocycles. The number of allylic oxidation sites excluding steroid dienone is 3. The van der Waals surface area contributed by atoms with Crippen LogP contribution in [0.2, 0.25) is 5.02 Å². The van der Waals surface area contributed by atoms with Gasteiger partial charge in [0.05, 0.1) is 0 Å². The highest BCUT2D eigenvalue weighted by molar-refractivity contribution is 6.30. The zero-order valence-electron chi connectivity index (χ0n) is 11.2. The summed E-state index contributed by atoms with van der Waals surface area (Å²) in [5.41, 5.74) is 7.93. The molecule has 0 spiro atoms. The topological polar surface area (TPSA) is 76.1 Å². The average molecular weight is 301 g/mol. The van der Waals surface area contributed by atoms with Crippen molar-refractivity contribution in [3.63, 3.8) is 0 Å². The van der Waals surface area contributed by atoms with Crippen molar-refractivity contribution in [2.24, 2.45) is 5.73 Å². The number of ether oxygens (including phenoxy) is 1. The highest BCUT2D eigenvalue weighted by Crippen LogP contribution is 2.43. The Labute approximate surface area is 127 Å². The van der Waals surface area contributed by atoms with Crippen LogP contribution in [0.25, 0.3) is 0 Å². The van der Waals surface area contributed by atoms with E-state index in [9.17, 15) is 10.1 Å². The van der Waals surface area contributed by atoms with Crippen LogP contribution in [0.5, 0.6) is 0 Å². The van der Waals surface area contributed by atoms with Crippen LogP contribution in [0.15, 0.2) is 47.1 Å². The monoisotopic (exact) mass is 300 g/mol. The van der Waals surface area contributed by atoms with Gasteiger partial charge < -0.3 is 10.5 Å². The molecule has 1 aromatic carbocycles. The zero-order valence-corrected chi connectivity index (χ0v) is 12.0. The molecular weight excluding hydrogens is 288 g/mol. The van der Waals surface area contributed by atoms with Gasteiger partial charge in [-0.05, 0) is 36.1 Å². The molecule has 3 rings (SSSR count). The van der Waals surface area contributed by atoms with Gasteiger partial charge >= 0.3 is 0 Å². The number of carbonyl (C=O) groups excluding carboxylic acids is 1. The Morgan fingerprint density at radius 2 is 2.00 bits per heavy atom. The van der Waals surface area contributed by atoms with E-state index in [0.29, 0.717) is 22.8 Å². The normalized spacial score (nSPS) is 21.7. The largest absolute Gasteiger partial charge is 0.437 e. The molecule has 21 heavy (non-hydrogen) atoms. The molecule has 4 nitrogen and oxygen atoms in total. The molecule has 0 bridgehead atoms. The van der Waals surface area contributed by atoms with Crippen molar-refractivity contribution in [2.45, 2.75) is 25.2 Å². The van der Waals surface area contributed by atoms with Gasteiger partial charge in [0, 0.05) is 17.4 Å². The summed E-state index contributed by atoms with van der Waals surface area (Å²) < 4.78 is 5.42. The van der Waals surface area contributed by atoms with Gasteiger partial charge in [-0.1, -0.05) is 23.7 Å². The summed E-state index contributed by atoms with van der Waals surface area (Å²) in [5, 5.41) is 10.0. The van der Waals surface area contributed by atoms with Crippen molar-refractivity contribution in [3.05, 3.63) is 57.6 Å². The van der Waals surface area contributed by atoms with E-state index in [4.69, 9.17) is 22.1 Å². The van der Waals surface area contributed by atoms with Gasteiger partial charge in [0.25, 0.3) is 0 Å². The van der Waals surface area contributed by atoms with E-state index in [2.05, 4.69) is 6.07 Å². The summed E-state index contributed by atoms with van der Waals surface area (Å²) >= 11 is 5.92. The summed E-state index contributed by atoms with van der Waals surface area (Å²) in [6.45, 7) is 0. The number of Topliss-reactive ketones (excluding diaryl/α,β-unsaturated/α-hetero) is 1. The quantitative estimate of drug-likeness (QED) is 0.864. The number of nitrogens with zero attached hydrogens (tertiary/aromatic N) is 1. The van der Waals surface area contributed by atoms with Crippen molar-refractivity contribution in [1.29, 1.82) is 5.26 Å². The maximum absolute atomic E-state index is 12.0. The second-order valence-electron chi connectivity index (χ2n) is 5.11. The molecule has 0 radical (unpaired) electrons. The van der Waals surface area contributed by atoms with Crippen molar-refractivity contribution >= 4 is 17.4 Å². The van der Waals surface area contributed by atoms with E-state index >= 15 is 0 Å². The standard InChI is InChI=1S/C16H13ClN2O2/c17-10-6-4-9(5-7-10)14-11-2-1-3-13(20)15(11)21-16(19)12(14)8-18/h4-7,14H,1-3,19H2. The minimum absolute atomic E-state index is 0.0199. The minimum Gasteiger partial charge on any atom is -0.437 e. The number of hydrogen-bond donors (Lipinski definition) is 1. The number of nitriles is 1. The van der Waals surface area contributed by atoms with E-state index in [1.807, 2.05) is 12.1 Å². The predicted molar refractivity (Wildman–Crippen MR) is 78.0 cm³/mol. The first-order chi connectivity index (χ1) is 10.1. The molecular formula is C16H13ClN2O2. The second kappa shape index (κ2) is 5.27. The molecule has 0 saturated heterocycles. The smallest absolute Gasteiger partial charge is 0.205 e. The molecule has 1 aliphatic carbocycles. The Balaban J connectivity index is 2.16. The van der Waals surface area contributed by atoms with Gasteiger partial charge in [-0.15, -0.1) is 0 Å². The number of ketones is 1. The predicted octanol–water partition coefficient (Wildman–Crippen LogP) is 3.15. The van der Waals surface area contributed by atoms with Gasteiger partial charge in [0.15, 0.2) is 11.5 Å². The summed E-state index contributed by atoms with van der Waals surface area (Å²) in [7, 11) is 0. The van der Waals surface area contributed by atoms with Crippen LogP contribution < -0.4 is 5.73 Å². The Hall–Kier alpha value is -2.25. The molecule has 1 aromatic rings. The van der Waals surface area contributed by atoms with Crippen LogP contribution in [0.4, 0.5) is 0 Å². The molecule has 1 unspecified atom stereocenters. The molecule has 0 aromatic heterocycles. The third kappa shape index (κ3) is 2.30. The zero-order chi connectivity index (χ0) is 15.0. The van der Waals surface area contributed by atoms with E-state index < -0.39 is 0 Å². The first-order valence-corrected chi connectivity index (χ1v) is 7.09. The molecule has 0 amide bonds. The third-order valence-electron chi connectivity index (χ3n) is 3.83. The van der Waals surface area contributed by atoms with Crippen molar-refractivity contribution < 1.29 is 9.53 Å². The van der Waals surface area contributed by atoms with Gasteiger partial charge in [-0.2, -0.15) is 5.26 Å². The van der Waals surface area contributed by atoms with Crippen LogP contribution in [0, 0.1) is 11.3 Å². The lowest BCUT2D eigenvalue weighted by atomic mass is 9.78. The number of rotatable bonds is 1. The lowest BCUT2D eigenvalue weighted by molar-refractivity contribution is -0.119. The van der Waals surface area contributed by atoms with Crippen LogP contribution in [0.1, 0.15) is 30.7 Å². The maximum Gasteiger partial charge on any atom is 0.205 e. The number of hydrogen-bond acceptors (Lipinski definition) is 4. The summed E-state index contributed by atoms with van der Waals surface area (Å²) in [5.74, 6) is -0.0282. The number of carbonyl (C=O) groups is 1. The van der Waals surface area contributed by atoms with Gasteiger partial charge in [-0.3, -0.25) is 4.79 Å². The van der Waals surface area contributed by atoms with E-state index in [1.54, 1.807) is 12.1 Å². The van der Waals surface area contributed by atoms with Crippen LogP contribution in [-0.2, 0) is 9.53 Å². The highest BCUT2D eigenvalue weighted by atomic mass is 35.5. The van der Waals surface area contributed by atoms with Crippen molar-refractivity contribution in [2.75, 3.05) is 0 Å². The molecule has 106 valence electrons. The van der Waals surface area contributed by atoms with Gasteiger partial charge in [-0.25, -0.2) is 0 Å². The molecule has 0 saturated carbocycles. The Morgan fingerprint density at radius 1 is 1.29 bits per heavy atom. The Kier molecular flexibility index (Phi) is 3.44. The lowest BCUT2D eigenvalue weighted by Gasteiger charge is -2.31. The fraction of sp³-hybridized carbons (Fsp3) is 0.250. The Bertz CT molecular complexity index is 711. The van der Waals surface area contributed by atoms with Crippen LogP contribution in [-0.4, -0.2) is 5.78 Å².